The van der Waals surface area contributed by atoms with Gasteiger partial charge in [-0.1, -0.05) is 45.7 Å². The summed E-state index contributed by atoms with van der Waals surface area (Å²) in [6.07, 6.45) is 3.50. The lowest BCUT2D eigenvalue weighted by atomic mass is 10.1. The van der Waals surface area contributed by atoms with Crippen LogP contribution in [0.3, 0.4) is 0 Å². The molecule has 2 aliphatic heterocycles. The molecule has 0 aromatic heterocycles. The maximum absolute atomic E-state index is 12.9. The van der Waals surface area contributed by atoms with Crippen molar-refractivity contribution in [2.75, 3.05) is 26.7 Å². The number of nitrogens with zero attached hydrogens (tertiary/aromatic N) is 2. The van der Waals surface area contributed by atoms with Crippen LogP contribution in [-0.4, -0.2) is 53.6 Å². The van der Waals surface area contributed by atoms with Crippen molar-refractivity contribution >= 4 is 62.4 Å². The van der Waals surface area contributed by atoms with E-state index in [1.807, 2.05) is 18.2 Å². The normalized spacial score (nSPS) is 17.1. The number of hydrogen-bond donors (Lipinski definition) is 0. The van der Waals surface area contributed by atoms with Gasteiger partial charge < -0.3 is 14.4 Å². The number of carbonyl (C=O) groups is 3. The van der Waals surface area contributed by atoms with E-state index in [4.69, 9.17) is 21.1 Å². The summed E-state index contributed by atoms with van der Waals surface area (Å²) >= 11 is 10.5. The molecule has 0 unspecified atom stereocenters. The van der Waals surface area contributed by atoms with Crippen LogP contribution in [-0.2, 0) is 16.2 Å². The van der Waals surface area contributed by atoms with Crippen molar-refractivity contribution in [1.82, 2.24) is 9.80 Å². The number of benzene rings is 2. The maximum atomic E-state index is 12.9. The van der Waals surface area contributed by atoms with Crippen LogP contribution in [0.4, 0.5) is 4.79 Å². The lowest BCUT2D eigenvalue weighted by Gasteiger charge is -2.18. The van der Waals surface area contributed by atoms with E-state index >= 15 is 0 Å². The molecular weight excluding hydrogens is 544 g/mol. The van der Waals surface area contributed by atoms with Gasteiger partial charge in [-0.2, -0.15) is 0 Å². The number of halogens is 2. The summed E-state index contributed by atoms with van der Waals surface area (Å²) in [5, 5.41) is 0.155. The number of thioether (sulfide) groups is 1. The molecule has 2 saturated heterocycles. The van der Waals surface area contributed by atoms with Gasteiger partial charge in [0, 0.05) is 28.1 Å². The molecule has 34 heavy (non-hydrogen) atoms. The van der Waals surface area contributed by atoms with Gasteiger partial charge in [-0.15, -0.1) is 0 Å². The lowest BCUT2D eigenvalue weighted by Crippen LogP contribution is -2.40. The van der Waals surface area contributed by atoms with Crippen LogP contribution in [0.25, 0.3) is 6.08 Å². The number of methoxy groups -OCH3 is 1. The second-order valence-corrected chi connectivity index (χ2v) is 10.0. The molecule has 0 atom stereocenters. The summed E-state index contributed by atoms with van der Waals surface area (Å²) in [6.45, 7) is 1.36. The minimum absolute atomic E-state index is 0.205. The molecule has 2 fully saturated rings. The number of ether oxygens (including phenoxy) is 2. The number of carbonyl (C=O) groups excluding carboxylic acids is 3. The molecule has 0 bridgehead atoms. The Morgan fingerprint density at radius 1 is 1.18 bits per heavy atom. The second-order valence-electron chi connectivity index (χ2n) is 7.76. The molecular formula is C24H22BrClN2O5S. The van der Waals surface area contributed by atoms with E-state index in [1.54, 1.807) is 29.2 Å². The Balaban J connectivity index is 1.50. The smallest absolute Gasteiger partial charge is 0.294 e. The average Bonchev–Trinajstić information content (AvgIpc) is 3.45. The highest BCUT2D eigenvalue weighted by atomic mass is 79.9. The molecule has 0 saturated carbocycles. The third-order valence-corrected chi connectivity index (χ3v) is 7.50. The largest absolute Gasteiger partial charge is 0.493 e. The van der Waals surface area contributed by atoms with Gasteiger partial charge in [0.15, 0.2) is 11.5 Å². The van der Waals surface area contributed by atoms with Crippen molar-refractivity contribution in [3.8, 4) is 11.5 Å². The zero-order chi connectivity index (χ0) is 24.2. The van der Waals surface area contributed by atoms with Crippen LogP contribution < -0.4 is 9.47 Å². The van der Waals surface area contributed by atoms with E-state index < -0.39 is 11.1 Å². The van der Waals surface area contributed by atoms with Crippen LogP contribution in [0, 0.1) is 0 Å². The quantitative estimate of drug-likeness (QED) is 0.422. The zero-order valence-corrected chi connectivity index (χ0v) is 21.5. The maximum Gasteiger partial charge on any atom is 0.294 e. The highest BCUT2D eigenvalue weighted by Crippen LogP contribution is 2.38. The summed E-state index contributed by atoms with van der Waals surface area (Å²) in [7, 11) is 1.52. The molecule has 4 rings (SSSR count). The predicted octanol–water partition coefficient (Wildman–Crippen LogP) is 5.35. The Morgan fingerprint density at radius 3 is 2.62 bits per heavy atom. The molecule has 2 aromatic rings. The molecule has 0 spiro atoms. The molecule has 0 N–H and O–H groups in total. The monoisotopic (exact) mass is 564 g/mol. The molecule has 10 heteroatoms. The van der Waals surface area contributed by atoms with Crippen molar-refractivity contribution in [3.05, 3.63) is 61.9 Å². The van der Waals surface area contributed by atoms with Gasteiger partial charge in [-0.25, -0.2) is 0 Å². The second kappa shape index (κ2) is 10.8. The number of imide groups is 1. The van der Waals surface area contributed by atoms with Crippen molar-refractivity contribution in [2.24, 2.45) is 0 Å². The minimum Gasteiger partial charge on any atom is -0.493 e. The van der Waals surface area contributed by atoms with Crippen LogP contribution >= 0.6 is 39.3 Å². The minimum atomic E-state index is -0.479. The van der Waals surface area contributed by atoms with Crippen LogP contribution in [0.15, 0.2) is 45.8 Å². The average molecular weight is 566 g/mol. The summed E-state index contributed by atoms with van der Waals surface area (Å²) < 4.78 is 12.0. The van der Waals surface area contributed by atoms with Gasteiger partial charge in [0.05, 0.1) is 12.0 Å². The molecule has 0 aliphatic carbocycles. The van der Waals surface area contributed by atoms with Crippen molar-refractivity contribution in [3.63, 3.8) is 0 Å². The van der Waals surface area contributed by atoms with E-state index in [9.17, 15) is 14.4 Å². The van der Waals surface area contributed by atoms with Gasteiger partial charge >= 0.3 is 0 Å². The Kier molecular flexibility index (Phi) is 7.85. The van der Waals surface area contributed by atoms with E-state index in [0.717, 1.165) is 35.1 Å². The summed E-state index contributed by atoms with van der Waals surface area (Å²) in [5.74, 6) is 0.275. The number of rotatable bonds is 7. The molecule has 2 aliphatic rings. The highest BCUT2D eigenvalue weighted by Gasteiger charge is 2.37. The van der Waals surface area contributed by atoms with Crippen molar-refractivity contribution in [2.45, 2.75) is 19.4 Å². The number of hydrogen-bond acceptors (Lipinski definition) is 6. The molecule has 0 radical (unpaired) electrons. The van der Waals surface area contributed by atoms with Gasteiger partial charge in [0.2, 0.25) is 5.91 Å². The Labute approximate surface area is 215 Å². The van der Waals surface area contributed by atoms with E-state index in [1.165, 1.54) is 7.11 Å². The van der Waals surface area contributed by atoms with Crippen molar-refractivity contribution < 1.29 is 23.9 Å². The molecule has 2 aromatic carbocycles. The SMILES string of the molecule is COc1cc(/C=C2/SC(=O)N(CC(=O)N3CCCC3)C2=O)c(Br)cc1OCc1ccccc1Cl. The predicted molar refractivity (Wildman–Crippen MR) is 135 cm³/mol. The van der Waals surface area contributed by atoms with E-state index in [0.29, 0.717) is 39.6 Å². The fraction of sp³-hybridized carbons (Fsp3) is 0.292. The lowest BCUT2D eigenvalue weighted by molar-refractivity contribution is -0.135. The Bertz CT molecular complexity index is 1170. The first-order valence-electron chi connectivity index (χ1n) is 10.6. The zero-order valence-electron chi connectivity index (χ0n) is 18.4. The fourth-order valence-corrected chi connectivity index (χ4v) is 5.14. The summed E-state index contributed by atoms with van der Waals surface area (Å²) in [5.41, 5.74) is 1.47. The van der Waals surface area contributed by atoms with Gasteiger partial charge in [-0.05, 0) is 54.4 Å². The van der Waals surface area contributed by atoms with Gasteiger partial charge in [0.25, 0.3) is 11.1 Å². The van der Waals surface area contributed by atoms with Crippen LogP contribution in [0.5, 0.6) is 11.5 Å². The topological polar surface area (TPSA) is 76.2 Å². The third-order valence-electron chi connectivity index (χ3n) is 5.54. The molecule has 3 amide bonds. The van der Waals surface area contributed by atoms with Gasteiger partial charge in [0.1, 0.15) is 13.2 Å². The van der Waals surface area contributed by atoms with Crippen LogP contribution in [0.1, 0.15) is 24.0 Å². The Hall–Kier alpha value is -2.49. The summed E-state index contributed by atoms with van der Waals surface area (Å²) in [4.78, 5) is 40.6. The first kappa shape index (κ1) is 24.6. The molecule has 2 heterocycles. The van der Waals surface area contributed by atoms with E-state index in [2.05, 4.69) is 15.9 Å². The first-order valence-corrected chi connectivity index (χ1v) is 12.6. The van der Waals surface area contributed by atoms with Gasteiger partial charge in [-0.3, -0.25) is 19.3 Å². The van der Waals surface area contributed by atoms with Crippen LogP contribution in [0.2, 0.25) is 5.02 Å². The third kappa shape index (κ3) is 5.42. The molecule has 178 valence electrons. The first-order chi connectivity index (χ1) is 16.4. The molecule has 7 nitrogen and oxygen atoms in total. The highest BCUT2D eigenvalue weighted by molar-refractivity contribution is 9.10. The fourth-order valence-electron chi connectivity index (χ4n) is 3.68. The number of amides is 3. The standard InChI is InChI=1S/C24H22BrClN2O5S/c1-32-19-10-16(17(25)12-20(19)33-14-15-6-2-3-7-18(15)26)11-21-23(30)28(24(31)34-21)13-22(29)27-8-4-5-9-27/h2-3,6-7,10-12H,4-5,8-9,13-14H2,1H3/b21-11+. The van der Waals surface area contributed by atoms with E-state index in [-0.39, 0.29) is 24.0 Å². The Morgan fingerprint density at radius 2 is 1.91 bits per heavy atom. The van der Waals surface area contributed by atoms with Crippen molar-refractivity contribution in [1.29, 1.82) is 0 Å². The number of likely N-dealkylation sites (tertiary alicyclic amines) is 1. The summed E-state index contributed by atoms with van der Waals surface area (Å²) in [6, 6.07) is 10.9.